The lowest BCUT2D eigenvalue weighted by Crippen LogP contribution is -2.52. The monoisotopic (exact) mass is 456 g/mol. The molecule has 2 rings (SSSR count). The molecule has 0 aliphatic carbocycles. The average Bonchev–Trinajstić information content (AvgIpc) is 2.80. The van der Waals surface area contributed by atoms with Crippen LogP contribution in [-0.2, 0) is 27.2 Å². The van der Waals surface area contributed by atoms with E-state index in [9.17, 15) is 24.6 Å². The van der Waals surface area contributed by atoms with Crippen LogP contribution in [0.2, 0.25) is 0 Å². The van der Waals surface area contributed by atoms with Gasteiger partial charge in [0, 0.05) is 13.0 Å². The molecule has 0 unspecified atom stereocenters. The molecule has 0 bridgehead atoms. The Morgan fingerprint density at radius 2 is 1.39 bits per heavy atom. The second-order valence-corrected chi connectivity index (χ2v) is 7.83. The number of hydrogen-bond acceptors (Lipinski definition) is 6. The van der Waals surface area contributed by atoms with Crippen LogP contribution < -0.4 is 21.7 Å². The molecule has 0 spiro atoms. The van der Waals surface area contributed by atoms with Crippen molar-refractivity contribution in [1.82, 2.24) is 16.0 Å². The molecule has 7 N–H and O–H groups in total. The molecule has 0 aliphatic rings. The number of unbranched alkanes of at least 4 members (excludes halogenated alkanes) is 1. The average molecular weight is 457 g/mol. The smallest absolute Gasteiger partial charge is 0.242 e. The van der Waals surface area contributed by atoms with E-state index in [1.165, 1.54) is 24.3 Å². The van der Waals surface area contributed by atoms with Crippen molar-refractivity contribution in [3.05, 3.63) is 59.7 Å². The molecule has 9 nitrogen and oxygen atoms in total. The number of nitrogens with one attached hydrogen (secondary N) is 3. The van der Waals surface area contributed by atoms with E-state index < -0.39 is 23.9 Å². The Hall–Kier alpha value is -3.59. The highest BCUT2D eigenvalue weighted by Gasteiger charge is 2.22. The molecule has 2 aromatic carbocycles. The number of aromatic hydroxyl groups is 2. The fraction of sp³-hybridized carbons (Fsp3) is 0.375. The van der Waals surface area contributed by atoms with Crippen LogP contribution in [0.5, 0.6) is 11.5 Å². The number of rotatable bonds is 12. The number of nitrogens with two attached hydrogens (primary N) is 1. The molecule has 0 aromatic heterocycles. The van der Waals surface area contributed by atoms with E-state index in [0.29, 0.717) is 6.54 Å². The molecule has 2 atom stereocenters. The Labute approximate surface area is 193 Å². The summed E-state index contributed by atoms with van der Waals surface area (Å²) in [4.78, 5) is 37.3. The number of carbonyl (C=O) groups is 3. The molecular formula is C24H32N4O5. The molecule has 0 saturated carbocycles. The van der Waals surface area contributed by atoms with E-state index in [1.54, 1.807) is 24.3 Å². The summed E-state index contributed by atoms with van der Waals surface area (Å²) in [6, 6.07) is 11.0. The van der Waals surface area contributed by atoms with E-state index in [0.717, 1.165) is 24.0 Å². The summed E-state index contributed by atoms with van der Waals surface area (Å²) in [5.74, 6) is -1.11. The SMILES string of the molecule is CCCCNC(=O)[C@H](Cc1ccc(O)cc1)NC(=O)CNC(=O)[C@@H](N)Cc1ccc(O)cc1. The highest BCUT2D eigenvalue weighted by molar-refractivity contribution is 5.91. The van der Waals surface area contributed by atoms with Crippen molar-refractivity contribution in [1.29, 1.82) is 0 Å². The van der Waals surface area contributed by atoms with Crippen molar-refractivity contribution in [2.24, 2.45) is 5.73 Å². The van der Waals surface area contributed by atoms with E-state index >= 15 is 0 Å². The lowest BCUT2D eigenvalue weighted by atomic mass is 10.0. The molecule has 2 aromatic rings. The largest absolute Gasteiger partial charge is 0.508 e. The van der Waals surface area contributed by atoms with Crippen molar-refractivity contribution in [3.8, 4) is 11.5 Å². The van der Waals surface area contributed by atoms with Gasteiger partial charge in [-0.15, -0.1) is 0 Å². The van der Waals surface area contributed by atoms with Gasteiger partial charge in [-0.1, -0.05) is 37.6 Å². The van der Waals surface area contributed by atoms with Crippen molar-refractivity contribution < 1.29 is 24.6 Å². The zero-order chi connectivity index (χ0) is 24.2. The first kappa shape index (κ1) is 25.7. The number of hydrogen-bond donors (Lipinski definition) is 6. The van der Waals surface area contributed by atoms with Gasteiger partial charge in [0.25, 0.3) is 0 Å². The Morgan fingerprint density at radius 3 is 1.94 bits per heavy atom. The van der Waals surface area contributed by atoms with Gasteiger partial charge in [-0.3, -0.25) is 14.4 Å². The fourth-order valence-electron chi connectivity index (χ4n) is 3.11. The van der Waals surface area contributed by atoms with E-state index in [2.05, 4.69) is 16.0 Å². The standard InChI is InChI=1S/C24H32N4O5/c1-2-3-12-26-24(33)21(14-17-6-10-19(30)11-7-17)28-22(31)15-27-23(32)20(25)13-16-4-8-18(29)9-5-16/h4-11,20-21,29-30H,2-3,12-15,25H2,1H3,(H,26,33)(H,27,32)(H,28,31)/t20-,21-/m0/s1. The van der Waals surface area contributed by atoms with Gasteiger partial charge in [-0.2, -0.15) is 0 Å². The zero-order valence-corrected chi connectivity index (χ0v) is 18.7. The highest BCUT2D eigenvalue weighted by Crippen LogP contribution is 2.12. The van der Waals surface area contributed by atoms with Gasteiger partial charge in [0.15, 0.2) is 0 Å². The van der Waals surface area contributed by atoms with Gasteiger partial charge in [0.2, 0.25) is 17.7 Å². The van der Waals surface area contributed by atoms with Gasteiger partial charge >= 0.3 is 0 Å². The number of amides is 3. The van der Waals surface area contributed by atoms with Gasteiger partial charge < -0.3 is 31.9 Å². The van der Waals surface area contributed by atoms with Crippen molar-refractivity contribution in [3.63, 3.8) is 0 Å². The van der Waals surface area contributed by atoms with Crippen LogP contribution in [0.3, 0.4) is 0 Å². The maximum absolute atomic E-state index is 12.6. The van der Waals surface area contributed by atoms with E-state index in [1.807, 2.05) is 6.92 Å². The normalized spacial score (nSPS) is 12.4. The van der Waals surface area contributed by atoms with Crippen molar-refractivity contribution in [2.75, 3.05) is 13.1 Å². The molecular weight excluding hydrogens is 424 g/mol. The highest BCUT2D eigenvalue weighted by atomic mass is 16.3. The molecule has 0 heterocycles. The number of carbonyl (C=O) groups excluding carboxylic acids is 3. The summed E-state index contributed by atoms with van der Waals surface area (Å²) in [5.41, 5.74) is 7.46. The van der Waals surface area contributed by atoms with Crippen molar-refractivity contribution in [2.45, 2.75) is 44.7 Å². The van der Waals surface area contributed by atoms with Gasteiger partial charge in [-0.05, 0) is 48.2 Å². The summed E-state index contributed by atoms with van der Waals surface area (Å²) in [5, 5.41) is 26.7. The second-order valence-electron chi connectivity index (χ2n) is 7.83. The first-order chi connectivity index (χ1) is 15.8. The van der Waals surface area contributed by atoms with Crippen molar-refractivity contribution >= 4 is 17.7 Å². The van der Waals surface area contributed by atoms with E-state index in [4.69, 9.17) is 5.73 Å². The topological polar surface area (TPSA) is 154 Å². The summed E-state index contributed by atoms with van der Waals surface area (Å²) in [6.45, 7) is 2.19. The summed E-state index contributed by atoms with van der Waals surface area (Å²) in [6.07, 6.45) is 2.22. The Balaban J connectivity index is 1.90. The van der Waals surface area contributed by atoms with Crippen LogP contribution in [0, 0.1) is 0 Å². The number of benzene rings is 2. The molecule has 3 amide bonds. The van der Waals surface area contributed by atoms with Crippen LogP contribution in [0.25, 0.3) is 0 Å². The fourth-order valence-corrected chi connectivity index (χ4v) is 3.11. The Morgan fingerprint density at radius 1 is 0.848 bits per heavy atom. The minimum Gasteiger partial charge on any atom is -0.508 e. The molecule has 0 radical (unpaired) electrons. The first-order valence-corrected chi connectivity index (χ1v) is 10.9. The summed E-state index contributed by atoms with van der Waals surface area (Å²) in [7, 11) is 0. The number of phenols is 2. The summed E-state index contributed by atoms with van der Waals surface area (Å²) < 4.78 is 0. The van der Waals surface area contributed by atoms with Gasteiger partial charge in [0.05, 0.1) is 12.6 Å². The third kappa shape index (κ3) is 9.20. The first-order valence-electron chi connectivity index (χ1n) is 10.9. The lowest BCUT2D eigenvalue weighted by Gasteiger charge is -2.19. The molecule has 33 heavy (non-hydrogen) atoms. The Bertz CT molecular complexity index is 915. The second kappa shape index (κ2) is 13.1. The number of phenolic OH excluding ortho intramolecular Hbond substituents is 2. The van der Waals surface area contributed by atoms with Crippen LogP contribution in [0.1, 0.15) is 30.9 Å². The third-order valence-electron chi connectivity index (χ3n) is 5.01. The Kier molecular flexibility index (Phi) is 10.2. The zero-order valence-electron chi connectivity index (χ0n) is 18.7. The third-order valence-corrected chi connectivity index (χ3v) is 5.01. The molecule has 178 valence electrons. The van der Waals surface area contributed by atoms with Crippen LogP contribution >= 0.6 is 0 Å². The minimum absolute atomic E-state index is 0.109. The van der Waals surface area contributed by atoms with Gasteiger partial charge in [-0.25, -0.2) is 0 Å². The quantitative estimate of drug-likeness (QED) is 0.259. The molecule has 9 heteroatoms. The summed E-state index contributed by atoms with van der Waals surface area (Å²) >= 11 is 0. The van der Waals surface area contributed by atoms with E-state index in [-0.39, 0.29) is 36.8 Å². The van der Waals surface area contributed by atoms with Crippen LogP contribution in [0.15, 0.2) is 48.5 Å². The molecule has 0 fully saturated rings. The van der Waals surface area contributed by atoms with Crippen LogP contribution in [-0.4, -0.2) is 53.1 Å². The molecule has 0 saturated heterocycles. The maximum atomic E-state index is 12.6. The van der Waals surface area contributed by atoms with Gasteiger partial charge in [0.1, 0.15) is 17.5 Å². The molecule has 0 aliphatic heterocycles. The predicted octanol–water partition coefficient (Wildman–Crippen LogP) is 0.728. The minimum atomic E-state index is -0.868. The maximum Gasteiger partial charge on any atom is 0.242 e. The predicted molar refractivity (Wildman–Crippen MR) is 124 cm³/mol. The van der Waals surface area contributed by atoms with Crippen LogP contribution in [0.4, 0.5) is 0 Å². The lowest BCUT2D eigenvalue weighted by molar-refractivity contribution is -0.130.